The number of ether oxygens (including phenoxy) is 5. The van der Waals surface area contributed by atoms with Crippen LogP contribution in [0.15, 0.2) is 77.0 Å². The van der Waals surface area contributed by atoms with Crippen LogP contribution in [0.1, 0.15) is 13.8 Å². The molecule has 0 N–H and O–H groups in total. The highest BCUT2D eigenvalue weighted by molar-refractivity contribution is 7.92. The highest BCUT2D eigenvalue weighted by atomic mass is 32.2. The molecule has 3 heterocycles. The van der Waals surface area contributed by atoms with E-state index >= 15 is 0 Å². The molecule has 0 radical (unpaired) electrons. The van der Waals surface area contributed by atoms with Gasteiger partial charge in [-0.05, 0) is 41.6 Å². The summed E-state index contributed by atoms with van der Waals surface area (Å²) in [5, 5.41) is 1.90. The zero-order valence-electron chi connectivity index (χ0n) is 22.9. The van der Waals surface area contributed by atoms with Gasteiger partial charge in [-0.15, -0.1) is 11.3 Å². The molecule has 1 fully saturated rings. The Balaban J connectivity index is 1.73. The van der Waals surface area contributed by atoms with Gasteiger partial charge in [0.25, 0.3) is 15.9 Å². The van der Waals surface area contributed by atoms with Gasteiger partial charge < -0.3 is 23.7 Å². The van der Waals surface area contributed by atoms with Gasteiger partial charge in [-0.3, -0.25) is 0 Å². The zero-order chi connectivity index (χ0) is 28.8. The number of rotatable bonds is 12. The molecule has 5 rings (SSSR count). The maximum absolute atomic E-state index is 14.2. The summed E-state index contributed by atoms with van der Waals surface area (Å²) in [6.45, 7) is 4.64. The van der Waals surface area contributed by atoms with E-state index in [2.05, 4.69) is 0 Å². The Morgan fingerprint density at radius 2 is 1.78 bits per heavy atom. The van der Waals surface area contributed by atoms with Gasteiger partial charge in [0.15, 0.2) is 23.1 Å². The van der Waals surface area contributed by atoms with Crippen LogP contribution in [-0.4, -0.2) is 58.2 Å². The Kier molecular flexibility index (Phi) is 9.03. The van der Waals surface area contributed by atoms with Crippen LogP contribution in [0.4, 0.5) is 5.82 Å². The molecule has 0 amide bonds. The number of anilines is 1. The number of sulfonamides is 1. The SMILES string of the molecule is COc1ccccc1Oc1c(OC[C@H]2COCO2)nc(-c2cccs2)nc1N(CC(C)C)S(=O)(=O)c1ccccc1. The number of hydrogen-bond acceptors (Lipinski definition) is 10. The summed E-state index contributed by atoms with van der Waals surface area (Å²) in [7, 11) is -2.55. The molecular formula is C29H31N3O7S2. The molecular weight excluding hydrogens is 566 g/mol. The van der Waals surface area contributed by atoms with Crippen LogP contribution in [0, 0.1) is 5.92 Å². The minimum Gasteiger partial charge on any atom is -0.493 e. The van der Waals surface area contributed by atoms with Crippen LogP contribution in [-0.2, 0) is 19.5 Å². The smallest absolute Gasteiger partial charge is 0.265 e. The van der Waals surface area contributed by atoms with Crippen LogP contribution in [0.3, 0.4) is 0 Å². The first-order valence-corrected chi connectivity index (χ1v) is 15.4. The van der Waals surface area contributed by atoms with Crippen molar-refractivity contribution in [2.24, 2.45) is 5.92 Å². The summed E-state index contributed by atoms with van der Waals surface area (Å²) < 4.78 is 58.6. The number of methoxy groups -OCH3 is 1. The van der Waals surface area contributed by atoms with Crippen LogP contribution in [0.5, 0.6) is 23.1 Å². The molecule has 0 saturated carbocycles. The van der Waals surface area contributed by atoms with Gasteiger partial charge in [0.2, 0.25) is 5.75 Å². The Labute approximate surface area is 243 Å². The first-order chi connectivity index (χ1) is 19.9. The highest BCUT2D eigenvalue weighted by Crippen LogP contribution is 2.44. The van der Waals surface area contributed by atoms with Crippen LogP contribution >= 0.6 is 11.3 Å². The second kappa shape index (κ2) is 12.9. The largest absolute Gasteiger partial charge is 0.493 e. The number of aromatic nitrogens is 2. The number of hydrogen-bond donors (Lipinski definition) is 0. The fourth-order valence-electron chi connectivity index (χ4n) is 4.09. The fraction of sp³-hybridized carbons (Fsp3) is 0.310. The van der Waals surface area contributed by atoms with Gasteiger partial charge in [-0.1, -0.05) is 50.2 Å². The Morgan fingerprint density at radius 1 is 1.02 bits per heavy atom. The normalized spacial score (nSPS) is 15.2. The van der Waals surface area contributed by atoms with Crippen molar-refractivity contribution in [2.75, 3.05) is 38.0 Å². The molecule has 0 aliphatic carbocycles. The number of nitrogens with zero attached hydrogens (tertiary/aromatic N) is 3. The van der Waals surface area contributed by atoms with E-state index in [-0.39, 0.29) is 54.3 Å². The summed E-state index contributed by atoms with van der Waals surface area (Å²) in [6.07, 6.45) is -0.322. The molecule has 41 heavy (non-hydrogen) atoms. The Bertz CT molecular complexity index is 1540. The topological polar surface area (TPSA) is 109 Å². The predicted octanol–water partition coefficient (Wildman–Crippen LogP) is 5.61. The maximum atomic E-state index is 14.2. The minimum atomic E-state index is -4.08. The molecule has 1 atom stereocenters. The second-order valence-corrected chi connectivity index (χ2v) is 12.4. The first-order valence-electron chi connectivity index (χ1n) is 13.0. The van der Waals surface area contributed by atoms with Crippen molar-refractivity contribution in [2.45, 2.75) is 24.8 Å². The molecule has 1 saturated heterocycles. The lowest BCUT2D eigenvalue weighted by Crippen LogP contribution is -2.35. The molecule has 1 aliphatic rings. The average molecular weight is 598 g/mol. The second-order valence-electron chi connectivity index (χ2n) is 9.57. The van der Waals surface area contributed by atoms with Crippen LogP contribution in [0.2, 0.25) is 0 Å². The van der Waals surface area contributed by atoms with Crippen molar-refractivity contribution in [3.05, 3.63) is 72.1 Å². The molecule has 12 heteroatoms. The predicted molar refractivity (Wildman–Crippen MR) is 155 cm³/mol. The summed E-state index contributed by atoms with van der Waals surface area (Å²) in [4.78, 5) is 10.4. The third kappa shape index (κ3) is 6.62. The van der Waals surface area contributed by atoms with Crippen LogP contribution in [0.25, 0.3) is 10.7 Å². The number of thiophene rings is 1. The molecule has 0 unspecified atom stereocenters. The monoisotopic (exact) mass is 597 g/mol. The summed E-state index contributed by atoms with van der Waals surface area (Å²) in [6, 6.07) is 19.0. The van der Waals surface area contributed by atoms with Crippen molar-refractivity contribution in [3.8, 4) is 33.8 Å². The van der Waals surface area contributed by atoms with E-state index < -0.39 is 10.0 Å². The zero-order valence-corrected chi connectivity index (χ0v) is 24.6. The molecule has 4 aromatic rings. The van der Waals surface area contributed by atoms with Gasteiger partial charge in [-0.25, -0.2) is 17.7 Å². The fourth-order valence-corrected chi connectivity index (χ4v) is 6.35. The maximum Gasteiger partial charge on any atom is 0.265 e. The van der Waals surface area contributed by atoms with Crippen molar-refractivity contribution < 1.29 is 32.1 Å². The van der Waals surface area contributed by atoms with E-state index in [4.69, 9.17) is 33.7 Å². The van der Waals surface area contributed by atoms with Crippen molar-refractivity contribution >= 4 is 27.2 Å². The van der Waals surface area contributed by atoms with E-state index in [1.165, 1.54) is 22.8 Å². The standard InChI is InChI=1S/C29H31N3O7S2/c1-20(2)16-32(41(33,34)22-10-5-4-6-11-22)28-26(39-24-13-8-7-12-23(24)35-3)29(37-18-21-17-36-19-38-21)31-27(30-28)25-14-9-15-40-25/h4-15,20-21H,16-19H2,1-3H3/t21-/m1/s1. The van der Waals surface area contributed by atoms with Crippen molar-refractivity contribution in [3.63, 3.8) is 0 Å². The lowest BCUT2D eigenvalue weighted by atomic mass is 10.2. The van der Waals surface area contributed by atoms with Gasteiger partial charge in [0.1, 0.15) is 19.5 Å². The lowest BCUT2D eigenvalue weighted by Gasteiger charge is -2.28. The first kappa shape index (κ1) is 28.8. The Hall–Kier alpha value is -3.71. The summed E-state index contributed by atoms with van der Waals surface area (Å²) in [5.74, 6) is 1.19. The van der Waals surface area contributed by atoms with Gasteiger partial charge in [-0.2, -0.15) is 4.98 Å². The molecule has 2 aromatic carbocycles. The van der Waals surface area contributed by atoms with E-state index in [1.807, 2.05) is 37.4 Å². The van der Waals surface area contributed by atoms with E-state index in [1.54, 1.807) is 48.5 Å². The third-order valence-corrected chi connectivity index (χ3v) is 8.67. The van der Waals surface area contributed by atoms with E-state index in [0.29, 0.717) is 23.9 Å². The molecule has 216 valence electrons. The van der Waals surface area contributed by atoms with E-state index in [9.17, 15) is 8.42 Å². The van der Waals surface area contributed by atoms with Crippen molar-refractivity contribution in [1.29, 1.82) is 0 Å². The average Bonchev–Trinajstić information content (AvgIpc) is 3.71. The van der Waals surface area contributed by atoms with Crippen LogP contribution < -0.4 is 18.5 Å². The van der Waals surface area contributed by atoms with Gasteiger partial charge in [0.05, 0.1) is 23.5 Å². The summed E-state index contributed by atoms with van der Waals surface area (Å²) >= 11 is 1.43. The number of benzene rings is 2. The van der Waals surface area contributed by atoms with E-state index in [0.717, 1.165) is 4.88 Å². The highest BCUT2D eigenvalue weighted by Gasteiger charge is 2.34. The van der Waals surface area contributed by atoms with Gasteiger partial charge in [0, 0.05) is 6.54 Å². The molecule has 2 aromatic heterocycles. The Morgan fingerprint density at radius 3 is 2.44 bits per heavy atom. The third-order valence-electron chi connectivity index (χ3n) is 6.03. The lowest BCUT2D eigenvalue weighted by molar-refractivity contribution is 0.0311. The quantitative estimate of drug-likeness (QED) is 0.206. The number of para-hydroxylation sites is 2. The van der Waals surface area contributed by atoms with Crippen molar-refractivity contribution in [1.82, 2.24) is 9.97 Å². The molecule has 10 nitrogen and oxygen atoms in total. The molecule has 1 aliphatic heterocycles. The summed E-state index contributed by atoms with van der Waals surface area (Å²) in [5.41, 5.74) is 0. The molecule has 0 spiro atoms. The minimum absolute atomic E-state index is 0.0360. The molecule has 0 bridgehead atoms. The van der Waals surface area contributed by atoms with Gasteiger partial charge >= 0.3 is 0 Å².